The molecule has 0 radical (unpaired) electrons. The van der Waals surface area contributed by atoms with Gasteiger partial charge in [0.2, 0.25) is 11.8 Å². The van der Waals surface area contributed by atoms with Crippen LogP contribution in [-0.4, -0.2) is 106 Å². The second kappa shape index (κ2) is 15.5. The SMILES string of the molecule is CC(C)C(=O)CCC(=O)N(C)CCN(C[C@@H](C(=O)N1CCN(c2ncnc3c2[C@H](C)C[C@H]3O)CC1)c1ccc(Cl)cc1)C(C)C. The van der Waals surface area contributed by atoms with Crippen LogP contribution in [0, 0.1) is 5.92 Å². The number of aliphatic hydroxyl groups excluding tert-OH is 1. The van der Waals surface area contributed by atoms with Crippen LogP contribution in [0.25, 0.3) is 0 Å². The van der Waals surface area contributed by atoms with Gasteiger partial charge in [-0.1, -0.05) is 44.5 Å². The van der Waals surface area contributed by atoms with Crippen molar-refractivity contribution < 1.29 is 19.5 Å². The molecule has 1 aliphatic heterocycles. The van der Waals surface area contributed by atoms with Crippen molar-refractivity contribution in [3.05, 3.63) is 52.4 Å². The molecule has 2 aliphatic rings. The Kier molecular flexibility index (Phi) is 12.0. The third-order valence-electron chi connectivity index (χ3n) is 9.27. The van der Waals surface area contributed by atoms with E-state index in [4.69, 9.17) is 11.6 Å². The minimum Gasteiger partial charge on any atom is -0.387 e. The molecule has 246 valence electrons. The van der Waals surface area contributed by atoms with Gasteiger partial charge < -0.3 is 19.8 Å². The Morgan fingerprint density at radius 3 is 2.29 bits per heavy atom. The molecule has 1 saturated heterocycles. The number of halogens is 1. The van der Waals surface area contributed by atoms with Gasteiger partial charge in [0.1, 0.15) is 17.9 Å². The maximum absolute atomic E-state index is 14.2. The summed E-state index contributed by atoms with van der Waals surface area (Å²) in [5.41, 5.74) is 2.65. The summed E-state index contributed by atoms with van der Waals surface area (Å²) in [6, 6.07) is 7.65. The Bertz CT molecular complexity index is 1330. The maximum atomic E-state index is 14.2. The molecule has 0 saturated carbocycles. The number of nitrogens with zero attached hydrogens (tertiary/aromatic N) is 6. The average Bonchev–Trinajstić information content (AvgIpc) is 3.32. The van der Waals surface area contributed by atoms with E-state index in [9.17, 15) is 19.5 Å². The number of hydrogen-bond donors (Lipinski definition) is 1. The molecule has 2 heterocycles. The van der Waals surface area contributed by atoms with Crippen LogP contribution < -0.4 is 4.90 Å². The molecule has 2 aromatic rings. The number of carbonyl (C=O) groups excluding carboxylic acids is 3. The monoisotopic (exact) mass is 640 g/mol. The van der Waals surface area contributed by atoms with Gasteiger partial charge in [-0.2, -0.15) is 0 Å². The van der Waals surface area contributed by atoms with Crippen LogP contribution in [0.5, 0.6) is 0 Å². The second-order valence-corrected chi connectivity index (χ2v) is 13.5. The van der Waals surface area contributed by atoms with Crippen molar-refractivity contribution in [1.29, 1.82) is 0 Å². The molecule has 45 heavy (non-hydrogen) atoms. The van der Waals surface area contributed by atoms with Crippen LogP contribution in [0.4, 0.5) is 5.82 Å². The normalized spacial score (nSPS) is 18.9. The Labute approximate surface area is 272 Å². The second-order valence-electron chi connectivity index (χ2n) is 13.1. The highest BCUT2D eigenvalue weighted by molar-refractivity contribution is 6.30. The molecule has 1 fully saturated rings. The van der Waals surface area contributed by atoms with Crippen LogP contribution in [0.2, 0.25) is 5.02 Å². The molecule has 2 amide bonds. The largest absolute Gasteiger partial charge is 0.387 e. The molecular weight excluding hydrogens is 592 g/mol. The number of Topliss-reactive ketones (excluding diaryl/α,β-unsaturated/α-hetero) is 1. The summed E-state index contributed by atoms with van der Waals surface area (Å²) < 4.78 is 0. The Hall–Kier alpha value is -3.08. The van der Waals surface area contributed by atoms with Gasteiger partial charge in [0.15, 0.2) is 0 Å². The summed E-state index contributed by atoms with van der Waals surface area (Å²) in [5.74, 6) is 0.683. The first-order valence-electron chi connectivity index (χ1n) is 16.2. The first-order valence-corrected chi connectivity index (χ1v) is 16.6. The summed E-state index contributed by atoms with van der Waals surface area (Å²) in [6.45, 7) is 14.0. The van der Waals surface area contributed by atoms with E-state index in [0.717, 1.165) is 22.6 Å². The number of aromatic nitrogens is 2. The third kappa shape index (κ3) is 8.60. The predicted octanol–water partition coefficient (Wildman–Crippen LogP) is 4.28. The summed E-state index contributed by atoms with van der Waals surface area (Å²) >= 11 is 6.22. The minimum atomic E-state index is -0.560. The minimum absolute atomic E-state index is 0.0471. The average molecular weight is 641 g/mol. The van der Waals surface area contributed by atoms with E-state index < -0.39 is 12.0 Å². The summed E-state index contributed by atoms with van der Waals surface area (Å²) in [6.07, 6.45) is 2.09. The van der Waals surface area contributed by atoms with E-state index >= 15 is 0 Å². The Balaban J connectivity index is 1.43. The van der Waals surface area contributed by atoms with Crippen LogP contribution >= 0.6 is 11.6 Å². The third-order valence-corrected chi connectivity index (χ3v) is 9.52. The topological polar surface area (TPSA) is 110 Å². The maximum Gasteiger partial charge on any atom is 0.231 e. The number of benzene rings is 1. The first-order chi connectivity index (χ1) is 21.4. The molecule has 0 unspecified atom stereocenters. The molecule has 3 atom stereocenters. The lowest BCUT2D eigenvalue weighted by atomic mass is 9.95. The van der Waals surface area contributed by atoms with E-state index in [1.165, 1.54) is 6.33 Å². The lowest BCUT2D eigenvalue weighted by molar-refractivity contribution is -0.134. The quantitative estimate of drug-likeness (QED) is 0.346. The number of rotatable bonds is 13. The van der Waals surface area contributed by atoms with Crippen molar-refractivity contribution in [3.8, 4) is 0 Å². The number of likely N-dealkylation sites (N-methyl/N-ethyl adjacent to an activating group) is 1. The number of piperazine rings is 1. The lowest BCUT2D eigenvalue weighted by Crippen LogP contribution is -2.52. The number of aliphatic hydroxyl groups is 1. The molecule has 10 nitrogen and oxygen atoms in total. The van der Waals surface area contributed by atoms with E-state index in [0.29, 0.717) is 57.3 Å². The van der Waals surface area contributed by atoms with Gasteiger partial charge in [-0.15, -0.1) is 0 Å². The van der Waals surface area contributed by atoms with Crippen molar-refractivity contribution >= 4 is 35.0 Å². The number of anilines is 1. The van der Waals surface area contributed by atoms with Gasteiger partial charge in [0.25, 0.3) is 0 Å². The summed E-state index contributed by atoms with van der Waals surface area (Å²) in [4.78, 5) is 56.0. The Morgan fingerprint density at radius 2 is 1.67 bits per heavy atom. The van der Waals surface area contributed by atoms with Crippen molar-refractivity contribution in [2.45, 2.75) is 77.9 Å². The number of hydrogen-bond acceptors (Lipinski definition) is 8. The molecule has 11 heteroatoms. The van der Waals surface area contributed by atoms with Gasteiger partial charge in [0, 0.05) is 88.2 Å². The Morgan fingerprint density at radius 1 is 1.00 bits per heavy atom. The van der Waals surface area contributed by atoms with E-state index in [1.807, 2.05) is 43.0 Å². The summed E-state index contributed by atoms with van der Waals surface area (Å²) in [7, 11) is 1.77. The van der Waals surface area contributed by atoms with Gasteiger partial charge in [-0.05, 0) is 43.9 Å². The number of carbonyl (C=O) groups is 3. The van der Waals surface area contributed by atoms with Crippen LogP contribution in [0.15, 0.2) is 30.6 Å². The highest BCUT2D eigenvalue weighted by Crippen LogP contribution is 2.42. The van der Waals surface area contributed by atoms with Crippen molar-refractivity contribution in [1.82, 2.24) is 24.7 Å². The highest BCUT2D eigenvalue weighted by atomic mass is 35.5. The van der Waals surface area contributed by atoms with Crippen molar-refractivity contribution in [2.75, 3.05) is 57.8 Å². The molecule has 0 spiro atoms. The van der Waals surface area contributed by atoms with Crippen LogP contribution in [0.3, 0.4) is 0 Å². The number of fused-ring (bicyclic) bond motifs is 1. The zero-order valence-electron chi connectivity index (χ0n) is 27.6. The fourth-order valence-corrected chi connectivity index (χ4v) is 6.37. The van der Waals surface area contributed by atoms with Crippen molar-refractivity contribution in [2.24, 2.45) is 5.92 Å². The number of ketones is 1. The van der Waals surface area contributed by atoms with Gasteiger partial charge in [0.05, 0.1) is 17.7 Å². The fourth-order valence-electron chi connectivity index (χ4n) is 6.24. The zero-order valence-corrected chi connectivity index (χ0v) is 28.3. The molecule has 1 N–H and O–H groups in total. The molecule has 0 bridgehead atoms. The van der Waals surface area contributed by atoms with E-state index in [2.05, 4.69) is 40.5 Å². The van der Waals surface area contributed by atoms with Crippen LogP contribution in [0.1, 0.15) is 88.6 Å². The molecule has 1 aromatic heterocycles. The van der Waals surface area contributed by atoms with Gasteiger partial charge in [-0.3, -0.25) is 19.3 Å². The van der Waals surface area contributed by atoms with Crippen LogP contribution in [-0.2, 0) is 14.4 Å². The predicted molar refractivity (Wildman–Crippen MR) is 176 cm³/mol. The van der Waals surface area contributed by atoms with Gasteiger partial charge in [-0.25, -0.2) is 9.97 Å². The standard InChI is InChI=1S/C34H49ClN6O4/c1-22(2)28(42)11-12-30(44)38(6)13-14-41(23(3)4)20-27(25-7-9-26(35)10-8-25)34(45)40-17-15-39(16-18-40)33-31-24(5)19-29(43)32(31)36-21-37-33/h7-10,21-24,27,29,43H,11-20H2,1-6H3/t24-,27-,29-/m1/s1. The fraction of sp³-hybridized carbons (Fsp3) is 0.618. The molecule has 4 rings (SSSR count). The molecule has 1 aromatic carbocycles. The highest BCUT2D eigenvalue weighted by Gasteiger charge is 2.35. The van der Waals surface area contributed by atoms with Gasteiger partial charge >= 0.3 is 0 Å². The number of amides is 2. The van der Waals surface area contributed by atoms with Crippen molar-refractivity contribution in [3.63, 3.8) is 0 Å². The summed E-state index contributed by atoms with van der Waals surface area (Å²) in [5, 5.41) is 11.1. The van der Waals surface area contributed by atoms with E-state index in [1.54, 1.807) is 11.9 Å². The first kappa shape index (κ1) is 34.8. The molecular formula is C34H49ClN6O4. The smallest absolute Gasteiger partial charge is 0.231 e. The lowest BCUT2D eigenvalue weighted by Gasteiger charge is -2.39. The molecule has 1 aliphatic carbocycles. The van der Waals surface area contributed by atoms with E-state index in [-0.39, 0.29) is 48.3 Å². The zero-order chi connectivity index (χ0) is 32.8.